The molecule has 0 saturated heterocycles. The van der Waals surface area contributed by atoms with Crippen molar-refractivity contribution < 1.29 is 43.9 Å². The Kier molecular flexibility index (Phi) is 6.28. The van der Waals surface area contributed by atoms with Crippen LogP contribution in [0.1, 0.15) is 0 Å². The van der Waals surface area contributed by atoms with Crippen LogP contribution in [0.15, 0.2) is 54.9 Å². The van der Waals surface area contributed by atoms with Crippen molar-refractivity contribution >= 4 is 33.0 Å². The second-order valence-corrected chi connectivity index (χ2v) is 9.91. The zero-order valence-electron chi connectivity index (χ0n) is 21.9. The summed E-state index contributed by atoms with van der Waals surface area (Å²) in [6, 6.07) is 9.23. The fourth-order valence-corrected chi connectivity index (χ4v) is 5.42. The highest BCUT2D eigenvalue weighted by atomic mass is 19.2. The number of nitrogens with zero attached hydrogens (tertiary/aromatic N) is 1. The molecule has 0 aliphatic carbocycles. The molecule has 0 unspecified atom stereocenters. The predicted octanol–water partition coefficient (Wildman–Crippen LogP) is 9.48. The van der Waals surface area contributed by atoms with Gasteiger partial charge in [0.2, 0.25) is 11.6 Å². The lowest BCUT2D eigenvalue weighted by atomic mass is 9.99. The number of H-pyrrole nitrogens is 3. The Morgan fingerprint density at radius 1 is 0.467 bits per heavy atom. The van der Waals surface area contributed by atoms with E-state index in [1.54, 1.807) is 0 Å². The van der Waals surface area contributed by atoms with E-state index in [0.717, 1.165) is 12.1 Å². The molecule has 3 N–H and O–H groups in total. The van der Waals surface area contributed by atoms with Gasteiger partial charge < -0.3 is 15.0 Å². The predicted molar refractivity (Wildman–Crippen MR) is 145 cm³/mol. The summed E-state index contributed by atoms with van der Waals surface area (Å²) in [5.41, 5.74) is -3.82. The SMILES string of the molecule is Fc1c(F)c(F)c(-c2c3ccc(cc4ccnc-4c4[nH]ccc4c(-c4c(F)c(F)c(F)c(F)c4F)c4ccc2[nH]4)[nH]3)c(F)c1F. The first-order chi connectivity index (χ1) is 21.5. The molecular weight excluding hydrogens is 618 g/mol. The van der Waals surface area contributed by atoms with Crippen LogP contribution in [-0.2, 0) is 0 Å². The van der Waals surface area contributed by atoms with Gasteiger partial charge in [-0.2, -0.15) is 0 Å². The van der Waals surface area contributed by atoms with Gasteiger partial charge in [0.05, 0.1) is 22.3 Å². The Labute approximate surface area is 243 Å². The number of hydrogen-bond donors (Lipinski definition) is 3. The first kappa shape index (κ1) is 28.3. The monoisotopic (exact) mass is 630 g/mol. The third-order valence-corrected chi connectivity index (χ3v) is 7.42. The molecule has 14 heteroatoms. The van der Waals surface area contributed by atoms with Crippen LogP contribution in [-0.4, -0.2) is 19.9 Å². The molecule has 0 radical (unpaired) electrons. The van der Waals surface area contributed by atoms with Crippen molar-refractivity contribution in [2.24, 2.45) is 0 Å². The first-order valence-corrected chi connectivity index (χ1v) is 12.8. The first-order valence-electron chi connectivity index (χ1n) is 12.8. The van der Waals surface area contributed by atoms with Gasteiger partial charge in [0.25, 0.3) is 0 Å². The Hall–Kier alpha value is -5.53. The molecule has 2 aliphatic heterocycles. The maximum absolute atomic E-state index is 15.4. The number of hydrogen-bond acceptors (Lipinski definition) is 1. The third kappa shape index (κ3) is 4.05. The van der Waals surface area contributed by atoms with E-state index in [-0.39, 0.29) is 38.7 Å². The second-order valence-electron chi connectivity index (χ2n) is 9.91. The number of aromatic nitrogens is 4. The van der Waals surface area contributed by atoms with Gasteiger partial charge >= 0.3 is 0 Å². The van der Waals surface area contributed by atoms with Crippen LogP contribution < -0.4 is 0 Å². The molecule has 226 valence electrons. The lowest BCUT2D eigenvalue weighted by molar-refractivity contribution is 0.381. The van der Waals surface area contributed by atoms with E-state index in [0.29, 0.717) is 5.56 Å². The van der Waals surface area contributed by atoms with Gasteiger partial charge in [0.15, 0.2) is 46.5 Å². The maximum atomic E-state index is 15.4. The number of nitrogens with one attached hydrogen (secondary N) is 3. The van der Waals surface area contributed by atoms with Crippen molar-refractivity contribution in [3.05, 3.63) is 113 Å². The number of benzene rings is 2. The number of fused-ring (bicyclic) bond motifs is 7. The molecule has 2 aromatic carbocycles. The molecule has 0 atom stereocenters. The van der Waals surface area contributed by atoms with E-state index in [9.17, 15) is 26.3 Å². The van der Waals surface area contributed by atoms with Crippen LogP contribution in [0.2, 0.25) is 0 Å². The van der Waals surface area contributed by atoms with Gasteiger partial charge in [-0.3, -0.25) is 4.98 Å². The highest BCUT2D eigenvalue weighted by Crippen LogP contribution is 2.41. The van der Waals surface area contributed by atoms with Gasteiger partial charge in [0, 0.05) is 56.5 Å². The lowest BCUT2D eigenvalue weighted by Gasteiger charge is -2.10. The summed E-state index contributed by atoms with van der Waals surface area (Å²) in [6.07, 6.45) is 2.70. The third-order valence-electron chi connectivity index (χ3n) is 7.42. The van der Waals surface area contributed by atoms with Crippen LogP contribution >= 0.6 is 0 Å². The quantitative estimate of drug-likeness (QED) is 0.0995. The van der Waals surface area contributed by atoms with Crippen molar-refractivity contribution in [1.82, 2.24) is 19.9 Å². The summed E-state index contributed by atoms with van der Waals surface area (Å²) in [6.45, 7) is 0. The van der Waals surface area contributed by atoms with Crippen molar-refractivity contribution in [2.45, 2.75) is 0 Å². The fourth-order valence-electron chi connectivity index (χ4n) is 5.42. The smallest absolute Gasteiger partial charge is 0.200 e. The highest BCUT2D eigenvalue weighted by molar-refractivity contribution is 6.07. The lowest BCUT2D eigenvalue weighted by Crippen LogP contribution is -2.04. The molecule has 4 bridgehead atoms. The molecule has 45 heavy (non-hydrogen) atoms. The molecule has 4 nitrogen and oxygen atoms in total. The molecule has 7 rings (SSSR count). The molecule has 0 saturated carbocycles. The van der Waals surface area contributed by atoms with Crippen LogP contribution in [0, 0.1) is 58.2 Å². The summed E-state index contributed by atoms with van der Waals surface area (Å²) in [5.74, 6) is -22.5. The highest BCUT2D eigenvalue weighted by Gasteiger charge is 2.31. The molecule has 0 spiro atoms. The molecular formula is C31H12F10N4. The van der Waals surface area contributed by atoms with Crippen LogP contribution in [0.3, 0.4) is 0 Å². The Bertz CT molecular complexity index is 2350. The Balaban J connectivity index is 1.76. The maximum Gasteiger partial charge on any atom is 0.200 e. The summed E-state index contributed by atoms with van der Waals surface area (Å²) < 4.78 is 147. The number of aromatic amines is 3. The average molecular weight is 630 g/mol. The topological polar surface area (TPSA) is 60.3 Å². The molecule has 3 aromatic heterocycles. The molecule has 5 heterocycles. The average Bonchev–Trinajstić information content (AvgIpc) is 3.85. The van der Waals surface area contributed by atoms with Crippen molar-refractivity contribution in [3.63, 3.8) is 0 Å². The Morgan fingerprint density at radius 3 is 1.56 bits per heavy atom. The number of rotatable bonds is 2. The summed E-state index contributed by atoms with van der Waals surface area (Å²) in [4.78, 5) is 12.6. The minimum atomic E-state index is -2.40. The van der Waals surface area contributed by atoms with Gasteiger partial charge in [-0.25, -0.2) is 43.9 Å². The summed E-state index contributed by atoms with van der Waals surface area (Å²) >= 11 is 0. The van der Waals surface area contributed by atoms with Gasteiger partial charge in [-0.1, -0.05) is 0 Å². The Morgan fingerprint density at radius 2 is 0.956 bits per heavy atom. The minimum Gasteiger partial charge on any atom is -0.359 e. The van der Waals surface area contributed by atoms with Crippen LogP contribution in [0.5, 0.6) is 0 Å². The summed E-state index contributed by atoms with van der Waals surface area (Å²) in [5, 5.41) is -0.108. The van der Waals surface area contributed by atoms with E-state index in [1.165, 1.54) is 42.7 Å². The van der Waals surface area contributed by atoms with E-state index in [2.05, 4.69) is 19.9 Å². The molecule has 2 aliphatic rings. The van der Waals surface area contributed by atoms with E-state index < -0.39 is 80.4 Å². The van der Waals surface area contributed by atoms with Crippen molar-refractivity contribution in [3.8, 4) is 33.5 Å². The molecule has 0 amide bonds. The largest absolute Gasteiger partial charge is 0.359 e. The van der Waals surface area contributed by atoms with E-state index in [4.69, 9.17) is 0 Å². The fraction of sp³-hybridized carbons (Fsp3) is 0. The van der Waals surface area contributed by atoms with E-state index >= 15 is 17.6 Å². The van der Waals surface area contributed by atoms with Crippen LogP contribution in [0.4, 0.5) is 43.9 Å². The minimum absolute atomic E-state index is 0.0938. The van der Waals surface area contributed by atoms with Gasteiger partial charge in [-0.05, 0) is 42.5 Å². The van der Waals surface area contributed by atoms with E-state index in [1.807, 2.05) is 0 Å². The zero-order valence-corrected chi connectivity index (χ0v) is 21.9. The van der Waals surface area contributed by atoms with Gasteiger partial charge in [-0.15, -0.1) is 0 Å². The summed E-state index contributed by atoms with van der Waals surface area (Å²) in [7, 11) is 0. The van der Waals surface area contributed by atoms with Crippen molar-refractivity contribution in [1.29, 1.82) is 0 Å². The second kappa shape index (κ2) is 10.0. The van der Waals surface area contributed by atoms with Crippen molar-refractivity contribution in [2.75, 3.05) is 0 Å². The number of halogens is 10. The zero-order chi connectivity index (χ0) is 31.9. The molecule has 5 aromatic rings. The van der Waals surface area contributed by atoms with Crippen LogP contribution in [0.25, 0.3) is 66.5 Å². The molecule has 0 fully saturated rings. The normalized spacial score (nSPS) is 11.8. The standard InChI is InChI=1S/C31H12F10N4/c32-20-18(21(33)25(37)28(40)24(20)36)16-12-6-8-43-31(12)30-10(5-7-42-30)9-11-1-2-14(44-11)17(15-4-3-13(16)45-15)19-22(34)26(38)29(41)27(39)23(19)35/h1-9,43-45H. The van der Waals surface area contributed by atoms with Gasteiger partial charge in [0.1, 0.15) is 0 Å².